The molecule has 0 spiro atoms. The third-order valence-corrected chi connectivity index (χ3v) is 4.10. The topological polar surface area (TPSA) is 25.2 Å². The highest BCUT2D eigenvalue weighted by Gasteiger charge is 2.14. The normalized spacial score (nSPS) is 13.3. The van der Waals surface area contributed by atoms with Crippen molar-refractivity contribution in [3.63, 3.8) is 0 Å². The van der Waals surface area contributed by atoms with Crippen molar-refractivity contribution >= 4 is 11.0 Å². The summed E-state index contributed by atoms with van der Waals surface area (Å²) in [5.41, 5.74) is 3.80. The van der Waals surface area contributed by atoms with Gasteiger partial charge in [0.25, 0.3) is 0 Å². The Morgan fingerprint density at radius 2 is 1.90 bits per heavy atom. The lowest BCUT2D eigenvalue weighted by molar-refractivity contribution is 0.483. The molecule has 0 aliphatic carbocycles. The number of hydrogen-bond donors (Lipinski definition) is 1. The third-order valence-electron chi connectivity index (χ3n) is 4.10. The fraction of sp³-hybridized carbons (Fsp3) is 0.556. The van der Waals surface area contributed by atoms with Crippen LogP contribution in [0.2, 0.25) is 0 Å². The number of hydrogen-bond acceptors (Lipinski definition) is 2. The average molecular weight is 273 g/mol. The monoisotopic (exact) mass is 273 g/mol. The summed E-state index contributed by atoms with van der Waals surface area (Å²) in [6.45, 7) is 11.9. The summed E-state index contributed by atoms with van der Waals surface area (Å²) in [6, 6.07) is 7.14. The Bertz CT molecular complexity index is 568. The molecule has 2 heteroatoms. The molecule has 0 saturated heterocycles. The molecule has 2 aromatic rings. The van der Waals surface area contributed by atoms with E-state index in [9.17, 15) is 0 Å². The second kappa shape index (κ2) is 6.45. The van der Waals surface area contributed by atoms with E-state index in [1.54, 1.807) is 0 Å². The lowest BCUT2D eigenvalue weighted by atomic mass is 9.96. The Labute approximate surface area is 122 Å². The van der Waals surface area contributed by atoms with Gasteiger partial charge in [-0.25, -0.2) is 0 Å². The minimum absolute atomic E-state index is 0.476. The molecule has 0 saturated carbocycles. The minimum Gasteiger partial charge on any atom is -0.459 e. The highest BCUT2D eigenvalue weighted by molar-refractivity contribution is 5.83. The molecular weight excluding hydrogens is 246 g/mol. The predicted octanol–water partition coefficient (Wildman–Crippen LogP) is 5.01. The van der Waals surface area contributed by atoms with Crippen LogP contribution < -0.4 is 5.32 Å². The van der Waals surface area contributed by atoms with E-state index in [1.807, 2.05) is 0 Å². The minimum atomic E-state index is 0.476. The first-order valence-corrected chi connectivity index (χ1v) is 7.84. The first-order chi connectivity index (χ1) is 9.56. The molecule has 110 valence electrons. The fourth-order valence-electron chi connectivity index (χ4n) is 2.59. The molecule has 0 aliphatic heterocycles. The molecule has 1 aromatic heterocycles. The van der Waals surface area contributed by atoms with Crippen molar-refractivity contribution in [1.82, 2.24) is 5.32 Å². The number of aryl methyl sites for hydroxylation is 1. The maximum absolute atomic E-state index is 6.05. The van der Waals surface area contributed by atoms with Gasteiger partial charge in [-0.2, -0.15) is 0 Å². The molecule has 0 bridgehead atoms. The summed E-state index contributed by atoms with van der Waals surface area (Å²) < 4.78 is 6.05. The number of nitrogens with one attached hydrogen (secondary N) is 1. The molecule has 2 rings (SSSR count). The molecule has 1 unspecified atom stereocenters. The third kappa shape index (κ3) is 3.06. The van der Waals surface area contributed by atoms with E-state index in [2.05, 4.69) is 58.1 Å². The van der Waals surface area contributed by atoms with E-state index in [1.165, 1.54) is 22.9 Å². The summed E-state index contributed by atoms with van der Waals surface area (Å²) in [7, 11) is 0. The van der Waals surface area contributed by atoms with E-state index in [-0.39, 0.29) is 0 Å². The second-order valence-corrected chi connectivity index (χ2v) is 5.96. The molecule has 1 heterocycles. The molecule has 20 heavy (non-hydrogen) atoms. The smallest absolute Gasteiger partial charge is 0.134 e. The van der Waals surface area contributed by atoms with E-state index in [4.69, 9.17) is 4.42 Å². The van der Waals surface area contributed by atoms with Gasteiger partial charge in [0.05, 0.1) is 6.54 Å². The zero-order valence-electron chi connectivity index (χ0n) is 13.4. The average Bonchev–Trinajstić information content (AvgIpc) is 2.80. The zero-order valence-corrected chi connectivity index (χ0v) is 13.4. The van der Waals surface area contributed by atoms with Crippen LogP contribution in [0.5, 0.6) is 0 Å². The molecule has 0 aliphatic rings. The van der Waals surface area contributed by atoms with E-state index >= 15 is 0 Å². The van der Waals surface area contributed by atoms with Crippen LogP contribution in [0.4, 0.5) is 0 Å². The van der Waals surface area contributed by atoms with Crippen molar-refractivity contribution in [3.05, 3.63) is 35.1 Å². The van der Waals surface area contributed by atoms with Crippen LogP contribution in [-0.2, 0) is 13.0 Å². The van der Waals surface area contributed by atoms with E-state index in [0.29, 0.717) is 12.0 Å². The van der Waals surface area contributed by atoms with Crippen LogP contribution in [-0.4, -0.2) is 6.04 Å². The SMILES string of the molecule is CCc1c(CNC(C)C)oc2ccc(C(C)CC)cc12. The fourth-order valence-corrected chi connectivity index (χ4v) is 2.59. The Hall–Kier alpha value is -1.28. The number of rotatable bonds is 6. The van der Waals surface area contributed by atoms with Crippen LogP contribution >= 0.6 is 0 Å². The van der Waals surface area contributed by atoms with Crippen molar-refractivity contribution in [3.8, 4) is 0 Å². The number of furan rings is 1. The van der Waals surface area contributed by atoms with Crippen LogP contribution in [0.25, 0.3) is 11.0 Å². The van der Waals surface area contributed by atoms with Gasteiger partial charge in [0.1, 0.15) is 11.3 Å². The summed E-state index contributed by atoms with van der Waals surface area (Å²) in [4.78, 5) is 0. The van der Waals surface area contributed by atoms with Crippen LogP contribution in [0.3, 0.4) is 0 Å². The van der Waals surface area contributed by atoms with Gasteiger partial charge in [-0.1, -0.05) is 40.7 Å². The quantitative estimate of drug-likeness (QED) is 0.800. The van der Waals surface area contributed by atoms with E-state index < -0.39 is 0 Å². The van der Waals surface area contributed by atoms with Gasteiger partial charge in [-0.05, 0) is 36.5 Å². The number of benzene rings is 1. The van der Waals surface area contributed by atoms with Crippen molar-refractivity contribution < 1.29 is 4.42 Å². The van der Waals surface area contributed by atoms with Crippen LogP contribution in [0, 0.1) is 0 Å². The Kier molecular flexibility index (Phi) is 4.87. The second-order valence-electron chi connectivity index (χ2n) is 5.96. The predicted molar refractivity (Wildman–Crippen MR) is 86.3 cm³/mol. The molecule has 0 radical (unpaired) electrons. The first-order valence-electron chi connectivity index (χ1n) is 7.84. The lowest BCUT2D eigenvalue weighted by Crippen LogP contribution is -2.22. The molecule has 1 N–H and O–H groups in total. The number of fused-ring (bicyclic) bond motifs is 1. The Morgan fingerprint density at radius 1 is 1.15 bits per heavy atom. The van der Waals surface area contributed by atoms with Gasteiger partial charge >= 0.3 is 0 Å². The van der Waals surface area contributed by atoms with Gasteiger partial charge in [0, 0.05) is 17.0 Å². The Morgan fingerprint density at radius 3 is 2.50 bits per heavy atom. The maximum atomic E-state index is 6.05. The Balaban J connectivity index is 2.41. The van der Waals surface area contributed by atoms with Crippen molar-refractivity contribution in [2.24, 2.45) is 0 Å². The highest BCUT2D eigenvalue weighted by Crippen LogP contribution is 2.30. The van der Waals surface area contributed by atoms with Crippen LogP contribution in [0.1, 0.15) is 63.8 Å². The molecule has 0 fully saturated rings. The van der Waals surface area contributed by atoms with Gasteiger partial charge in [0.2, 0.25) is 0 Å². The van der Waals surface area contributed by atoms with Crippen molar-refractivity contribution in [1.29, 1.82) is 0 Å². The summed E-state index contributed by atoms with van der Waals surface area (Å²) in [6.07, 6.45) is 2.19. The largest absolute Gasteiger partial charge is 0.459 e. The lowest BCUT2D eigenvalue weighted by Gasteiger charge is -2.09. The van der Waals surface area contributed by atoms with Gasteiger partial charge < -0.3 is 9.73 Å². The van der Waals surface area contributed by atoms with Gasteiger partial charge in [-0.3, -0.25) is 0 Å². The molecule has 2 nitrogen and oxygen atoms in total. The van der Waals surface area contributed by atoms with Gasteiger partial charge in [0.15, 0.2) is 0 Å². The molecular formula is C18H27NO. The molecule has 1 atom stereocenters. The molecule has 0 amide bonds. The zero-order chi connectivity index (χ0) is 14.7. The van der Waals surface area contributed by atoms with Crippen LogP contribution in [0.15, 0.2) is 22.6 Å². The van der Waals surface area contributed by atoms with Crippen molar-refractivity contribution in [2.75, 3.05) is 0 Å². The first kappa shape index (κ1) is 15.1. The van der Waals surface area contributed by atoms with E-state index in [0.717, 1.165) is 24.3 Å². The summed E-state index contributed by atoms with van der Waals surface area (Å²) in [5, 5.41) is 4.75. The van der Waals surface area contributed by atoms with Crippen molar-refractivity contribution in [2.45, 2.75) is 66.0 Å². The van der Waals surface area contributed by atoms with Gasteiger partial charge in [-0.15, -0.1) is 0 Å². The summed E-state index contributed by atoms with van der Waals surface area (Å²) >= 11 is 0. The summed E-state index contributed by atoms with van der Waals surface area (Å²) in [5.74, 6) is 1.70. The molecule has 1 aromatic carbocycles. The maximum Gasteiger partial charge on any atom is 0.134 e. The standard InChI is InChI=1S/C18H27NO/c1-6-13(5)14-8-9-17-16(10-14)15(7-2)18(20-17)11-19-12(3)4/h8-10,12-13,19H,6-7,11H2,1-5H3. The highest BCUT2D eigenvalue weighted by atomic mass is 16.3.